The zero-order valence-corrected chi connectivity index (χ0v) is 13.9. The molecule has 0 radical (unpaired) electrons. The van der Waals surface area contributed by atoms with Crippen molar-refractivity contribution in [2.45, 2.75) is 23.2 Å². The van der Waals surface area contributed by atoms with Crippen molar-refractivity contribution in [3.8, 4) is 0 Å². The largest absolute Gasteiger partial charge is 0.346 e. The van der Waals surface area contributed by atoms with Crippen LogP contribution in [0.15, 0.2) is 28.2 Å². The summed E-state index contributed by atoms with van der Waals surface area (Å²) in [5, 5.41) is 4.88. The molecule has 1 N–H and O–H groups in total. The van der Waals surface area contributed by atoms with Gasteiger partial charge in [0.25, 0.3) is 5.91 Å². The van der Waals surface area contributed by atoms with Crippen LogP contribution in [0.4, 0.5) is 5.95 Å². The first-order valence-corrected chi connectivity index (χ1v) is 9.19. The maximum absolute atomic E-state index is 12.3. The molecule has 1 saturated heterocycles. The standard InChI is InChI=1S/C14H17N5OS2/c1-21-14-18-11(9-22-14)12(20)17-10-4-2-7-19(8-10)13-15-5-3-6-16-13/h3,5-6,9-10H,2,4,7-8H2,1H3,(H,17,20). The van der Waals surface area contributed by atoms with Crippen molar-refractivity contribution in [3.63, 3.8) is 0 Å². The van der Waals surface area contributed by atoms with Crippen molar-refractivity contribution in [1.29, 1.82) is 0 Å². The van der Waals surface area contributed by atoms with Gasteiger partial charge >= 0.3 is 0 Å². The predicted octanol–water partition coefficient (Wildman–Crippen LogP) is 2.05. The maximum atomic E-state index is 12.3. The highest BCUT2D eigenvalue weighted by atomic mass is 32.2. The van der Waals surface area contributed by atoms with E-state index in [1.54, 1.807) is 30.2 Å². The molecular formula is C14H17N5OS2. The van der Waals surface area contributed by atoms with Crippen molar-refractivity contribution in [2.24, 2.45) is 0 Å². The van der Waals surface area contributed by atoms with Crippen molar-refractivity contribution < 1.29 is 4.79 Å². The lowest BCUT2D eigenvalue weighted by Crippen LogP contribution is -2.48. The molecule has 8 heteroatoms. The SMILES string of the molecule is CSc1nc(C(=O)NC2CCCN(c3ncccn3)C2)cs1. The Hall–Kier alpha value is -1.67. The molecule has 1 fully saturated rings. The minimum absolute atomic E-state index is 0.0996. The summed E-state index contributed by atoms with van der Waals surface area (Å²) in [7, 11) is 0. The number of amides is 1. The van der Waals surface area contributed by atoms with E-state index in [1.807, 2.05) is 11.6 Å². The van der Waals surface area contributed by atoms with Crippen molar-refractivity contribution >= 4 is 35.0 Å². The fourth-order valence-electron chi connectivity index (χ4n) is 2.45. The average Bonchev–Trinajstić information content (AvgIpc) is 3.05. The molecule has 3 rings (SSSR count). The molecule has 2 aromatic rings. The highest BCUT2D eigenvalue weighted by Crippen LogP contribution is 2.20. The lowest BCUT2D eigenvalue weighted by molar-refractivity contribution is 0.0928. The second-order valence-electron chi connectivity index (χ2n) is 5.01. The Morgan fingerprint density at radius 1 is 1.45 bits per heavy atom. The molecule has 116 valence electrons. The number of thiazole rings is 1. The van der Waals surface area contributed by atoms with Gasteiger partial charge in [-0.15, -0.1) is 11.3 Å². The van der Waals surface area contributed by atoms with E-state index in [4.69, 9.17) is 0 Å². The van der Waals surface area contributed by atoms with Gasteiger partial charge in [0.1, 0.15) is 10.0 Å². The first-order valence-electron chi connectivity index (χ1n) is 7.08. The molecule has 1 aliphatic heterocycles. The van der Waals surface area contributed by atoms with Gasteiger partial charge in [0.05, 0.1) is 0 Å². The van der Waals surface area contributed by atoms with Crippen molar-refractivity contribution in [1.82, 2.24) is 20.3 Å². The number of thioether (sulfide) groups is 1. The highest BCUT2D eigenvalue weighted by Gasteiger charge is 2.24. The van der Waals surface area contributed by atoms with Gasteiger partial charge in [0.15, 0.2) is 0 Å². The van der Waals surface area contributed by atoms with Gasteiger partial charge < -0.3 is 10.2 Å². The Morgan fingerprint density at radius 2 is 2.27 bits per heavy atom. The molecule has 1 unspecified atom stereocenters. The third-order valence-corrected chi connectivity index (χ3v) is 5.35. The zero-order chi connectivity index (χ0) is 15.4. The summed E-state index contributed by atoms with van der Waals surface area (Å²) in [6.45, 7) is 1.65. The highest BCUT2D eigenvalue weighted by molar-refractivity contribution is 8.00. The summed E-state index contributed by atoms with van der Waals surface area (Å²) in [4.78, 5) is 27.2. The van der Waals surface area contributed by atoms with Crippen LogP contribution in [-0.2, 0) is 0 Å². The first kappa shape index (κ1) is 15.2. The quantitative estimate of drug-likeness (QED) is 0.863. The molecule has 22 heavy (non-hydrogen) atoms. The van der Waals surface area contributed by atoms with Crippen LogP contribution in [0.2, 0.25) is 0 Å². The monoisotopic (exact) mass is 335 g/mol. The van der Waals surface area contributed by atoms with E-state index in [-0.39, 0.29) is 11.9 Å². The summed E-state index contributed by atoms with van der Waals surface area (Å²) in [5.41, 5.74) is 0.502. The van der Waals surface area contributed by atoms with Crippen molar-refractivity contribution in [3.05, 3.63) is 29.5 Å². The molecule has 3 heterocycles. The predicted molar refractivity (Wildman–Crippen MR) is 88.6 cm³/mol. The van der Waals surface area contributed by atoms with Gasteiger partial charge in [0.2, 0.25) is 5.95 Å². The second-order valence-corrected chi connectivity index (χ2v) is 6.92. The minimum atomic E-state index is -0.0996. The number of piperidine rings is 1. The number of hydrogen-bond donors (Lipinski definition) is 1. The number of anilines is 1. The van der Waals surface area contributed by atoms with E-state index in [1.165, 1.54) is 11.3 Å². The number of carbonyl (C=O) groups excluding carboxylic acids is 1. The Balaban J connectivity index is 1.61. The van der Waals surface area contributed by atoms with E-state index < -0.39 is 0 Å². The van der Waals surface area contributed by atoms with E-state index in [2.05, 4.69) is 25.2 Å². The smallest absolute Gasteiger partial charge is 0.271 e. The number of nitrogens with zero attached hydrogens (tertiary/aromatic N) is 4. The number of nitrogens with one attached hydrogen (secondary N) is 1. The molecule has 1 atom stereocenters. The average molecular weight is 335 g/mol. The molecule has 0 bridgehead atoms. The minimum Gasteiger partial charge on any atom is -0.346 e. The fourth-order valence-corrected chi connectivity index (χ4v) is 3.69. The van der Waals surface area contributed by atoms with Gasteiger partial charge in [-0.1, -0.05) is 11.8 Å². The van der Waals surface area contributed by atoms with E-state index in [9.17, 15) is 4.79 Å². The van der Waals surface area contributed by atoms with Crippen LogP contribution in [0.25, 0.3) is 0 Å². The van der Waals surface area contributed by atoms with Crippen LogP contribution in [0.5, 0.6) is 0 Å². The van der Waals surface area contributed by atoms with E-state index in [0.717, 1.165) is 36.2 Å². The first-order chi connectivity index (χ1) is 10.8. The molecule has 0 spiro atoms. The molecule has 0 aliphatic carbocycles. The number of carbonyl (C=O) groups is 1. The Kier molecular flexibility index (Phi) is 4.89. The molecular weight excluding hydrogens is 318 g/mol. The molecule has 6 nitrogen and oxygen atoms in total. The Bertz CT molecular complexity index is 633. The number of rotatable bonds is 4. The fraction of sp³-hybridized carbons (Fsp3) is 0.429. The Morgan fingerprint density at radius 3 is 3.00 bits per heavy atom. The van der Waals surface area contributed by atoms with Crippen LogP contribution in [0.1, 0.15) is 23.3 Å². The van der Waals surface area contributed by atoms with Crippen LogP contribution < -0.4 is 10.2 Å². The lowest BCUT2D eigenvalue weighted by Gasteiger charge is -2.32. The summed E-state index contributed by atoms with van der Waals surface area (Å²) >= 11 is 3.05. The van der Waals surface area contributed by atoms with Gasteiger partial charge in [-0.3, -0.25) is 4.79 Å². The molecule has 2 aromatic heterocycles. The maximum Gasteiger partial charge on any atom is 0.271 e. The van der Waals surface area contributed by atoms with E-state index >= 15 is 0 Å². The van der Waals surface area contributed by atoms with Gasteiger partial charge in [-0.05, 0) is 25.2 Å². The normalized spacial score (nSPS) is 18.2. The van der Waals surface area contributed by atoms with Crippen LogP contribution in [-0.4, -0.2) is 46.2 Å². The summed E-state index contributed by atoms with van der Waals surface area (Å²) in [6.07, 6.45) is 7.41. The molecule has 1 aliphatic rings. The van der Waals surface area contributed by atoms with Crippen LogP contribution >= 0.6 is 23.1 Å². The molecule has 1 amide bonds. The van der Waals surface area contributed by atoms with E-state index in [0.29, 0.717) is 5.69 Å². The number of aromatic nitrogens is 3. The van der Waals surface area contributed by atoms with Crippen LogP contribution in [0, 0.1) is 0 Å². The molecule has 0 aromatic carbocycles. The summed E-state index contributed by atoms with van der Waals surface area (Å²) < 4.78 is 0.910. The van der Waals surface area contributed by atoms with Crippen molar-refractivity contribution in [2.75, 3.05) is 24.2 Å². The summed E-state index contributed by atoms with van der Waals surface area (Å²) in [6, 6.07) is 1.91. The second kappa shape index (κ2) is 7.06. The summed E-state index contributed by atoms with van der Waals surface area (Å²) in [5.74, 6) is 0.622. The van der Waals surface area contributed by atoms with Gasteiger partial charge in [-0.25, -0.2) is 15.0 Å². The third-order valence-electron chi connectivity index (χ3n) is 3.48. The third kappa shape index (κ3) is 3.56. The van der Waals surface area contributed by atoms with Gasteiger partial charge in [-0.2, -0.15) is 0 Å². The topological polar surface area (TPSA) is 71.0 Å². The van der Waals surface area contributed by atoms with Gasteiger partial charge in [0, 0.05) is 36.9 Å². The Labute approximate surface area is 137 Å². The number of hydrogen-bond acceptors (Lipinski definition) is 7. The molecule has 0 saturated carbocycles. The zero-order valence-electron chi connectivity index (χ0n) is 12.2. The van der Waals surface area contributed by atoms with Crippen LogP contribution in [0.3, 0.4) is 0 Å². The lowest BCUT2D eigenvalue weighted by atomic mass is 10.1.